The maximum atomic E-state index is 12.4. The quantitative estimate of drug-likeness (QED) is 0.664. The van der Waals surface area contributed by atoms with E-state index in [-0.39, 0.29) is 37.7 Å². The first-order chi connectivity index (χ1) is 15.0. The second kappa shape index (κ2) is 8.51. The van der Waals surface area contributed by atoms with Crippen molar-refractivity contribution in [1.82, 2.24) is 10.2 Å². The van der Waals surface area contributed by atoms with Crippen LogP contribution in [0.1, 0.15) is 17.5 Å². The van der Waals surface area contributed by atoms with Crippen molar-refractivity contribution in [2.75, 3.05) is 6.54 Å². The van der Waals surface area contributed by atoms with E-state index in [1.165, 1.54) is 11.0 Å². The third-order valence-electron chi connectivity index (χ3n) is 5.39. The smallest absolute Gasteiger partial charge is 0.407 e. The van der Waals surface area contributed by atoms with E-state index in [4.69, 9.17) is 9.47 Å². The molecule has 0 aliphatic carbocycles. The van der Waals surface area contributed by atoms with E-state index < -0.39 is 23.8 Å². The Labute approximate surface area is 179 Å². The Morgan fingerprint density at radius 2 is 1.77 bits per heavy atom. The molecule has 2 fully saturated rings. The summed E-state index contributed by atoms with van der Waals surface area (Å²) >= 11 is 0. The summed E-state index contributed by atoms with van der Waals surface area (Å²) in [4.78, 5) is 37.9. The van der Waals surface area contributed by atoms with Crippen LogP contribution in [0.25, 0.3) is 0 Å². The highest BCUT2D eigenvalue weighted by Gasteiger charge is 2.64. The molecule has 8 nitrogen and oxygen atoms in total. The number of hydrogen-bond donors (Lipinski definition) is 2. The molecule has 0 radical (unpaired) electrons. The van der Waals surface area contributed by atoms with Crippen molar-refractivity contribution in [2.24, 2.45) is 0 Å². The molecule has 0 unspecified atom stereocenters. The van der Waals surface area contributed by atoms with Crippen LogP contribution in [0.5, 0.6) is 0 Å². The Morgan fingerprint density at radius 1 is 1.13 bits per heavy atom. The Bertz CT molecular complexity index is 1010. The molecule has 0 aromatic heterocycles. The molecule has 2 N–H and O–H groups in total. The number of fused-ring (bicyclic) bond motifs is 1. The van der Waals surface area contributed by atoms with Gasteiger partial charge in [-0.1, -0.05) is 60.7 Å². The van der Waals surface area contributed by atoms with Crippen molar-refractivity contribution < 1.29 is 29.0 Å². The summed E-state index contributed by atoms with van der Waals surface area (Å²) in [5, 5.41) is 12.7. The van der Waals surface area contributed by atoms with Crippen LogP contribution in [0.3, 0.4) is 0 Å². The van der Waals surface area contributed by atoms with E-state index in [0.29, 0.717) is 0 Å². The zero-order valence-corrected chi connectivity index (χ0v) is 16.7. The lowest BCUT2D eigenvalue weighted by Crippen LogP contribution is -2.63. The van der Waals surface area contributed by atoms with Crippen LogP contribution in [0.2, 0.25) is 0 Å². The van der Waals surface area contributed by atoms with Gasteiger partial charge in [-0.05, 0) is 17.2 Å². The van der Waals surface area contributed by atoms with E-state index in [2.05, 4.69) is 5.32 Å². The largest absolute Gasteiger partial charge is 0.479 e. The van der Waals surface area contributed by atoms with Crippen LogP contribution in [-0.4, -0.2) is 46.3 Å². The second-order valence-corrected chi connectivity index (χ2v) is 7.38. The molecule has 8 heteroatoms. The van der Waals surface area contributed by atoms with E-state index in [9.17, 15) is 19.5 Å². The molecule has 31 heavy (non-hydrogen) atoms. The number of ether oxygens (including phenoxy) is 2. The molecule has 2 aromatic carbocycles. The van der Waals surface area contributed by atoms with Crippen molar-refractivity contribution in [1.29, 1.82) is 0 Å². The highest BCUT2D eigenvalue weighted by atomic mass is 16.5. The number of alkyl carbamates (subject to hydrolysis) is 1. The summed E-state index contributed by atoms with van der Waals surface area (Å²) in [5.74, 6) is -1.31. The molecule has 0 saturated carbocycles. The number of carbonyl (C=O) groups is 3. The Morgan fingerprint density at radius 3 is 2.39 bits per heavy atom. The topological polar surface area (TPSA) is 105 Å². The SMILES string of the molecule is O=C(NC/C=C1\O[C@H]2CC(=O)N2[C@]1(Cc1ccccc1)C(=O)O)OCc1ccccc1. The fraction of sp³-hybridized carbons (Fsp3) is 0.261. The number of β-lactam (4-membered cyclic amide) rings is 1. The van der Waals surface area contributed by atoms with E-state index in [0.717, 1.165) is 11.1 Å². The van der Waals surface area contributed by atoms with Gasteiger partial charge < -0.3 is 19.9 Å². The van der Waals surface area contributed by atoms with Gasteiger partial charge in [-0.15, -0.1) is 0 Å². The van der Waals surface area contributed by atoms with Crippen LogP contribution in [0, 0.1) is 0 Å². The van der Waals surface area contributed by atoms with Crippen LogP contribution in [0.4, 0.5) is 4.79 Å². The van der Waals surface area contributed by atoms with Gasteiger partial charge in [0.25, 0.3) is 0 Å². The Balaban J connectivity index is 1.47. The van der Waals surface area contributed by atoms with Gasteiger partial charge in [0, 0.05) is 13.0 Å². The minimum atomic E-state index is -1.64. The molecule has 2 aromatic rings. The summed E-state index contributed by atoms with van der Waals surface area (Å²) in [6.07, 6.45) is 0.446. The minimum Gasteiger partial charge on any atom is -0.479 e. The molecular formula is C23H22N2O6. The number of hydrogen-bond acceptors (Lipinski definition) is 5. The predicted octanol–water partition coefficient (Wildman–Crippen LogP) is 2.45. The summed E-state index contributed by atoms with van der Waals surface area (Å²) in [7, 11) is 0. The lowest BCUT2D eigenvalue weighted by atomic mass is 9.85. The van der Waals surface area contributed by atoms with Crippen LogP contribution in [0.15, 0.2) is 72.5 Å². The number of nitrogens with one attached hydrogen (secondary N) is 1. The average molecular weight is 422 g/mol. The Kier molecular flexibility index (Phi) is 5.62. The number of benzene rings is 2. The van der Waals surface area contributed by atoms with Gasteiger partial charge in [-0.25, -0.2) is 9.59 Å². The average Bonchev–Trinajstić information content (AvgIpc) is 3.02. The number of aliphatic carboxylic acids is 1. The molecule has 2 aliphatic rings. The normalized spacial score (nSPS) is 23.0. The van der Waals surface area contributed by atoms with E-state index in [1.54, 1.807) is 12.1 Å². The van der Waals surface area contributed by atoms with Crippen molar-refractivity contribution >= 4 is 18.0 Å². The first-order valence-corrected chi connectivity index (χ1v) is 9.92. The van der Waals surface area contributed by atoms with Gasteiger partial charge in [0.1, 0.15) is 12.4 Å². The van der Waals surface area contributed by atoms with E-state index >= 15 is 0 Å². The number of amides is 2. The zero-order valence-electron chi connectivity index (χ0n) is 16.7. The second-order valence-electron chi connectivity index (χ2n) is 7.38. The van der Waals surface area contributed by atoms with Crippen LogP contribution < -0.4 is 5.32 Å². The van der Waals surface area contributed by atoms with Crippen LogP contribution in [-0.2, 0) is 32.1 Å². The van der Waals surface area contributed by atoms with Crippen molar-refractivity contribution in [3.63, 3.8) is 0 Å². The molecule has 2 atom stereocenters. The molecule has 0 spiro atoms. The predicted molar refractivity (Wildman–Crippen MR) is 110 cm³/mol. The molecule has 2 saturated heterocycles. The van der Waals surface area contributed by atoms with E-state index in [1.807, 2.05) is 48.5 Å². The van der Waals surface area contributed by atoms with Gasteiger partial charge in [0.05, 0.1) is 6.42 Å². The Hall–Kier alpha value is -3.81. The number of nitrogens with zero attached hydrogens (tertiary/aromatic N) is 1. The highest BCUT2D eigenvalue weighted by molar-refractivity contribution is 5.94. The molecule has 2 heterocycles. The molecule has 0 bridgehead atoms. The van der Waals surface area contributed by atoms with Gasteiger partial charge >= 0.3 is 12.1 Å². The van der Waals surface area contributed by atoms with Gasteiger partial charge in [0.15, 0.2) is 6.23 Å². The lowest BCUT2D eigenvalue weighted by molar-refractivity contribution is -0.170. The first kappa shape index (κ1) is 20.5. The standard InChI is InChI=1S/C23H22N2O6/c26-19-13-20-25(19)23(21(27)28,14-16-7-3-1-4-8-16)18(31-20)11-12-24-22(29)30-15-17-9-5-2-6-10-17/h1-11,20H,12-15H2,(H,24,29)(H,27,28)/b18-11-/t20-,23-/m0/s1. The zero-order chi connectivity index (χ0) is 21.8. The van der Waals surface area contributed by atoms with Crippen molar-refractivity contribution in [2.45, 2.75) is 31.2 Å². The molecule has 2 amide bonds. The minimum absolute atomic E-state index is 0.00151. The molecule has 4 rings (SSSR count). The third kappa shape index (κ3) is 3.96. The molecule has 2 aliphatic heterocycles. The van der Waals surface area contributed by atoms with Crippen molar-refractivity contribution in [3.05, 3.63) is 83.6 Å². The highest BCUT2D eigenvalue weighted by Crippen LogP contribution is 2.46. The monoisotopic (exact) mass is 422 g/mol. The first-order valence-electron chi connectivity index (χ1n) is 9.92. The molecule has 160 valence electrons. The number of carboxylic acids is 1. The van der Waals surface area contributed by atoms with Gasteiger partial charge in [0.2, 0.25) is 11.4 Å². The lowest BCUT2D eigenvalue weighted by Gasteiger charge is -2.40. The number of rotatable bonds is 7. The van der Waals surface area contributed by atoms with Crippen molar-refractivity contribution in [3.8, 4) is 0 Å². The fourth-order valence-corrected chi connectivity index (χ4v) is 3.87. The summed E-state index contributed by atoms with van der Waals surface area (Å²) in [6, 6.07) is 18.3. The summed E-state index contributed by atoms with van der Waals surface area (Å²) < 4.78 is 10.9. The summed E-state index contributed by atoms with van der Waals surface area (Å²) in [6.45, 7) is 0.124. The maximum Gasteiger partial charge on any atom is 0.407 e. The number of carboxylic acid groups (broad SMARTS) is 1. The van der Waals surface area contributed by atoms with Gasteiger partial charge in [-0.3, -0.25) is 9.69 Å². The summed E-state index contributed by atoms with van der Waals surface area (Å²) in [5.41, 5.74) is -0.0301. The number of carbonyl (C=O) groups excluding carboxylic acids is 2. The fourth-order valence-electron chi connectivity index (χ4n) is 3.87. The van der Waals surface area contributed by atoms with Gasteiger partial charge in [-0.2, -0.15) is 0 Å². The molecular weight excluding hydrogens is 400 g/mol. The van der Waals surface area contributed by atoms with Crippen LogP contribution >= 0.6 is 0 Å². The third-order valence-corrected chi connectivity index (χ3v) is 5.39. The maximum absolute atomic E-state index is 12.4.